The maximum atomic E-state index is 14.1. The second kappa shape index (κ2) is 8.46. The van der Waals surface area contributed by atoms with Gasteiger partial charge < -0.3 is 19.9 Å². The Balaban J connectivity index is 1.31. The molecule has 0 aliphatic carbocycles. The second-order valence-corrected chi connectivity index (χ2v) is 10.8. The van der Waals surface area contributed by atoms with Crippen molar-refractivity contribution < 1.29 is 29.0 Å². The van der Waals surface area contributed by atoms with Crippen LogP contribution in [0.25, 0.3) is 0 Å². The van der Waals surface area contributed by atoms with Crippen LogP contribution in [0.3, 0.4) is 0 Å². The van der Waals surface area contributed by atoms with Gasteiger partial charge in [0, 0.05) is 16.6 Å². The molecule has 2 saturated heterocycles. The summed E-state index contributed by atoms with van der Waals surface area (Å²) >= 11 is 6.36. The summed E-state index contributed by atoms with van der Waals surface area (Å²) in [5.74, 6) is -1.52. The monoisotopic (exact) mass is 545 g/mol. The summed E-state index contributed by atoms with van der Waals surface area (Å²) in [6.07, 6.45) is 0.384. The predicted molar refractivity (Wildman–Crippen MR) is 140 cm³/mol. The standard InChI is InChI=1S/C29H24ClN3O6/c1-14-19(30)8-7-18-25(14)31-28(37)29(18)24-23(20(32-29)10-15-2-5-17(34)6-3-15)26(35)33(27(24)36)12-16-4-9-21-22(11-16)39-13-38-21/h2-9,11,20,23-24,32,34H,10,12-13H2,1H3,(H,31,37)/t20-,23+,24-,29+/m0/s1. The molecule has 3 N–H and O–H groups in total. The molecule has 10 heteroatoms. The van der Waals surface area contributed by atoms with E-state index in [0.29, 0.717) is 39.8 Å². The largest absolute Gasteiger partial charge is 0.508 e. The quantitative estimate of drug-likeness (QED) is 0.431. The van der Waals surface area contributed by atoms with Gasteiger partial charge in [0.1, 0.15) is 11.3 Å². The lowest BCUT2D eigenvalue weighted by molar-refractivity contribution is -0.143. The van der Waals surface area contributed by atoms with Gasteiger partial charge in [-0.15, -0.1) is 0 Å². The zero-order valence-electron chi connectivity index (χ0n) is 20.9. The summed E-state index contributed by atoms with van der Waals surface area (Å²) in [6.45, 7) is 1.99. The van der Waals surface area contributed by atoms with Crippen LogP contribution in [0.15, 0.2) is 54.6 Å². The molecule has 3 aromatic carbocycles. The van der Waals surface area contributed by atoms with Crippen LogP contribution < -0.4 is 20.1 Å². The first-order valence-corrected chi connectivity index (χ1v) is 13.1. The highest BCUT2D eigenvalue weighted by atomic mass is 35.5. The van der Waals surface area contributed by atoms with Gasteiger partial charge in [-0.2, -0.15) is 0 Å². The van der Waals surface area contributed by atoms with Crippen LogP contribution >= 0.6 is 11.6 Å². The van der Waals surface area contributed by atoms with Gasteiger partial charge in [-0.05, 0) is 60.4 Å². The van der Waals surface area contributed by atoms with Gasteiger partial charge in [-0.3, -0.25) is 24.6 Å². The van der Waals surface area contributed by atoms with Crippen LogP contribution in [0, 0.1) is 18.8 Å². The van der Waals surface area contributed by atoms with Gasteiger partial charge in [0.05, 0.1) is 24.1 Å². The highest BCUT2D eigenvalue weighted by molar-refractivity contribution is 6.32. The maximum Gasteiger partial charge on any atom is 0.250 e. The lowest BCUT2D eigenvalue weighted by atomic mass is 9.76. The number of imide groups is 1. The predicted octanol–water partition coefficient (Wildman–Crippen LogP) is 3.25. The Morgan fingerprint density at radius 1 is 1.00 bits per heavy atom. The number of rotatable bonds is 4. The first-order valence-electron chi connectivity index (χ1n) is 12.7. The van der Waals surface area contributed by atoms with Crippen molar-refractivity contribution in [2.45, 2.75) is 31.5 Å². The van der Waals surface area contributed by atoms with Crippen LogP contribution in [0.1, 0.15) is 22.3 Å². The molecule has 4 aliphatic rings. The third-order valence-electron chi connectivity index (χ3n) is 8.35. The van der Waals surface area contributed by atoms with Crippen LogP contribution in [0.5, 0.6) is 17.2 Å². The zero-order chi connectivity index (χ0) is 27.1. The molecule has 7 rings (SSSR count). The topological polar surface area (TPSA) is 117 Å². The summed E-state index contributed by atoms with van der Waals surface area (Å²) in [5.41, 5.74) is 2.04. The van der Waals surface area contributed by atoms with Gasteiger partial charge in [0.2, 0.25) is 24.5 Å². The fraction of sp³-hybridized carbons (Fsp3) is 0.276. The zero-order valence-corrected chi connectivity index (χ0v) is 21.6. The fourth-order valence-electron chi connectivity index (χ4n) is 6.49. The number of phenols is 1. The Morgan fingerprint density at radius 2 is 1.74 bits per heavy atom. The third kappa shape index (κ3) is 3.39. The number of benzene rings is 3. The summed E-state index contributed by atoms with van der Waals surface area (Å²) < 4.78 is 10.9. The number of nitrogens with one attached hydrogen (secondary N) is 2. The number of hydrogen-bond donors (Lipinski definition) is 3. The maximum absolute atomic E-state index is 14.1. The van der Waals surface area contributed by atoms with Crippen molar-refractivity contribution in [1.82, 2.24) is 10.2 Å². The SMILES string of the molecule is Cc1c(Cl)ccc2c1NC(=O)[C@@]21N[C@@H](Cc2ccc(O)cc2)[C@H]2C(=O)N(Cc3ccc4c(c3)OCO4)C(=O)[C@H]21. The minimum absolute atomic E-state index is 0.0530. The summed E-state index contributed by atoms with van der Waals surface area (Å²) in [5, 5.41) is 16.6. The molecule has 0 radical (unpaired) electrons. The summed E-state index contributed by atoms with van der Waals surface area (Å²) in [6, 6.07) is 15.0. The number of nitrogens with zero attached hydrogens (tertiary/aromatic N) is 1. The van der Waals surface area contributed by atoms with Gasteiger partial charge in [0.25, 0.3) is 0 Å². The van der Waals surface area contributed by atoms with Crippen LogP contribution in [0.4, 0.5) is 5.69 Å². The smallest absolute Gasteiger partial charge is 0.250 e. The van der Waals surface area contributed by atoms with E-state index in [1.165, 1.54) is 4.90 Å². The second-order valence-electron chi connectivity index (χ2n) is 10.4. The molecule has 2 fully saturated rings. The van der Waals surface area contributed by atoms with E-state index in [2.05, 4.69) is 10.6 Å². The highest BCUT2D eigenvalue weighted by Gasteiger charge is 2.70. The minimum atomic E-state index is -1.42. The molecule has 4 aliphatic heterocycles. The van der Waals surface area contributed by atoms with Crippen molar-refractivity contribution in [3.8, 4) is 17.2 Å². The van der Waals surface area contributed by atoms with E-state index in [-0.39, 0.29) is 30.9 Å². The van der Waals surface area contributed by atoms with E-state index in [0.717, 1.165) is 11.1 Å². The molecule has 0 saturated carbocycles. The molecule has 4 heterocycles. The molecular formula is C29H24ClN3O6. The Morgan fingerprint density at radius 3 is 2.54 bits per heavy atom. The number of ether oxygens (including phenoxy) is 2. The fourth-order valence-corrected chi connectivity index (χ4v) is 6.65. The molecule has 198 valence electrons. The molecule has 39 heavy (non-hydrogen) atoms. The first-order chi connectivity index (χ1) is 18.8. The molecule has 0 unspecified atom stereocenters. The minimum Gasteiger partial charge on any atom is -0.508 e. The van der Waals surface area contributed by atoms with Gasteiger partial charge in [-0.25, -0.2) is 0 Å². The lowest BCUT2D eigenvalue weighted by Crippen LogP contribution is -2.53. The highest BCUT2D eigenvalue weighted by Crippen LogP contribution is 2.54. The van der Waals surface area contributed by atoms with Gasteiger partial charge >= 0.3 is 0 Å². The summed E-state index contributed by atoms with van der Waals surface area (Å²) in [7, 11) is 0. The van der Waals surface area contributed by atoms with Gasteiger partial charge in [0.15, 0.2) is 11.5 Å². The summed E-state index contributed by atoms with van der Waals surface area (Å²) in [4.78, 5) is 43.1. The van der Waals surface area contributed by atoms with E-state index >= 15 is 0 Å². The first kappa shape index (κ1) is 24.0. The average Bonchev–Trinajstić information content (AvgIpc) is 3.65. The van der Waals surface area contributed by atoms with Gasteiger partial charge in [-0.1, -0.05) is 35.9 Å². The van der Waals surface area contributed by atoms with Crippen molar-refractivity contribution in [2.24, 2.45) is 11.8 Å². The van der Waals surface area contributed by atoms with Crippen molar-refractivity contribution in [3.63, 3.8) is 0 Å². The normalized spacial score (nSPS) is 26.4. The van der Waals surface area contributed by atoms with E-state index in [4.69, 9.17) is 21.1 Å². The molecule has 3 aromatic rings. The number of hydrogen-bond acceptors (Lipinski definition) is 7. The number of anilines is 1. The Kier molecular flexibility index (Phi) is 5.20. The number of amides is 3. The molecular weight excluding hydrogens is 522 g/mol. The number of likely N-dealkylation sites (tertiary alicyclic amines) is 1. The molecule has 1 spiro atoms. The van der Waals surface area contributed by atoms with Crippen LogP contribution in [0.2, 0.25) is 5.02 Å². The van der Waals surface area contributed by atoms with Crippen LogP contribution in [-0.2, 0) is 32.9 Å². The van der Waals surface area contributed by atoms with E-state index in [1.54, 1.807) is 54.6 Å². The Bertz CT molecular complexity index is 1570. The molecule has 3 amide bonds. The van der Waals surface area contributed by atoms with E-state index in [9.17, 15) is 19.5 Å². The number of carbonyl (C=O) groups excluding carboxylic acids is 3. The molecule has 0 bridgehead atoms. The lowest BCUT2D eigenvalue weighted by Gasteiger charge is -2.29. The average molecular weight is 546 g/mol. The van der Waals surface area contributed by atoms with Crippen LogP contribution in [-0.4, -0.2) is 40.6 Å². The number of halogens is 1. The molecule has 9 nitrogen and oxygen atoms in total. The van der Waals surface area contributed by atoms with E-state index in [1.807, 2.05) is 6.92 Å². The number of aromatic hydroxyl groups is 1. The van der Waals surface area contributed by atoms with Crippen molar-refractivity contribution in [3.05, 3.63) is 81.9 Å². The molecule has 4 atom stereocenters. The Hall–Kier alpha value is -4.08. The number of phenolic OH excluding ortho intramolecular Hbond substituents is 1. The Labute approximate surface area is 228 Å². The number of carbonyl (C=O) groups is 3. The van der Waals surface area contributed by atoms with Crippen molar-refractivity contribution in [1.29, 1.82) is 0 Å². The molecule has 0 aromatic heterocycles. The third-order valence-corrected chi connectivity index (χ3v) is 8.75. The van der Waals surface area contributed by atoms with Crippen molar-refractivity contribution >= 4 is 35.0 Å². The number of fused-ring (bicyclic) bond motifs is 5. The van der Waals surface area contributed by atoms with Crippen molar-refractivity contribution in [2.75, 3.05) is 12.1 Å². The van der Waals surface area contributed by atoms with E-state index < -0.39 is 29.3 Å².